The summed E-state index contributed by atoms with van der Waals surface area (Å²) in [6.45, 7) is 4.36. The number of nitrogens with zero attached hydrogens (tertiary/aromatic N) is 2. The number of sulfonamides is 1. The summed E-state index contributed by atoms with van der Waals surface area (Å²) in [6.07, 6.45) is 2.56. The van der Waals surface area contributed by atoms with E-state index in [1.807, 2.05) is 6.92 Å². The third-order valence-corrected chi connectivity index (χ3v) is 7.50. The number of primary amides is 1. The van der Waals surface area contributed by atoms with Crippen LogP contribution in [-0.4, -0.2) is 43.7 Å². The van der Waals surface area contributed by atoms with E-state index in [1.165, 1.54) is 4.31 Å². The molecule has 2 heterocycles. The quantitative estimate of drug-likeness (QED) is 0.854. The Morgan fingerprint density at radius 2 is 2.00 bits per heavy atom. The second kappa shape index (κ2) is 7.00. The van der Waals surface area contributed by atoms with Crippen LogP contribution < -0.4 is 10.6 Å². The maximum atomic E-state index is 13.2. The molecule has 2 saturated heterocycles. The highest BCUT2D eigenvalue weighted by molar-refractivity contribution is 7.89. The Morgan fingerprint density at radius 1 is 1.27 bits per heavy atom. The van der Waals surface area contributed by atoms with Crippen LogP contribution >= 0.6 is 0 Å². The highest BCUT2D eigenvalue weighted by Crippen LogP contribution is 2.31. The minimum atomic E-state index is -3.74. The Labute approximate surface area is 154 Å². The number of hydrogen-bond acceptors (Lipinski definition) is 4. The number of benzene rings is 1. The molecule has 7 nitrogen and oxygen atoms in total. The summed E-state index contributed by atoms with van der Waals surface area (Å²) < 4.78 is 27.7. The smallest absolute Gasteiger partial charge is 0.243 e. The van der Waals surface area contributed by atoms with Gasteiger partial charge in [-0.15, -0.1) is 0 Å². The van der Waals surface area contributed by atoms with Gasteiger partial charge in [0, 0.05) is 31.2 Å². The van der Waals surface area contributed by atoms with Crippen molar-refractivity contribution in [2.75, 3.05) is 18.0 Å². The standard InChI is InChI=1S/C18H25N3O4S/c1-12-10-15(20-9-3-4-17(20)22)7-8-16(12)26(24,25)21-11-14(18(19)23)6-5-13(21)2/h7-8,10,13-14H,3-6,9,11H2,1-2H3,(H2,19,23)/t13-,14-/m1/s1. The Kier molecular flexibility index (Phi) is 5.07. The molecule has 142 valence electrons. The molecule has 0 aromatic heterocycles. The molecule has 0 radical (unpaired) electrons. The van der Waals surface area contributed by atoms with Crippen molar-refractivity contribution in [1.29, 1.82) is 0 Å². The number of nitrogens with two attached hydrogens (primary N) is 1. The predicted molar refractivity (Wildman–Crippen MR) is 98.0 cm³/mol. The Bertz CT molecular complexity index is 837. The molecular formula is C18H25N3O4S. The zero-order chi connectivity index (χ0) is 19.1. The first-order valence-corrected chi connectivity index (χ1v) is 10.4. The number of carbonyl (C=O) groups is 2. The summed E-state index contributed by atoms with van der Waals surface area (Å²) >= 11 is 0. The molecule has 2 fully saturated rings. The van der Waals surface area contributed by atoms with Gasteiger partial charge in [-0.2, -0.15) is 4.31 Å². The number of rotatable bonds is 4. The normalized spacial score (nSPS) is 24.8. The molecule has 1 aromatic rings. The molecule has 2 aliphatic heterocycles. The molecule has 3 rings (SSSR count). The maximum Gasteiger partial charge on any atom is 0.243 e. The van der Waals surface area contributed by atoms with Crippen LogP contribution in [0.2, 0.25) is 0 Å². The lowest BCUT2D eigenvalue weighted by Crippen LogP contribution is -2.48. The van der Waals surface area contributed by atoms with Gasteiger partial charge in [-0.25, -0.2) is 8.42 Å². The zero-order valence-electron chi connectivity index (χ0n) is 15.1. The number of piperidine rings is 1. The largest absolute Gasteiger partial charge is 0.369 e. The molecule has 2 amide bonds. The first kappa shape index (κ1) is 18.8. The second-order valence-corrected chi connectivity index (χ2v) is 9.06. The van der Waals surface area contributed by atoms with Crippen LogP contribution in [0.3, 0.4) is 0 Å². The Balaban J connectivity index is 1.91. The molecule has 2 atom stereocenters. The maximum absolute atomic E-state index is 13.2. The van der Waals surface area contributed by atoms with Crippen molar-refractivity contribution in [3.63, 3.8) is 0 Å². The molecule has 2 N–H and O–H groups in total. The fourth-order valence-electron chi connectivity index (χ4n) is 3.78. The third-order valence-electron chi connectivity index (χ3n) is 5.36. The molecular weight excluding hydrogens is 354 g/mol. The van der Waals surface area contributed by atoms with Crippen molar-refractivity contribution in [1.82, 2.24) is 4.31 Å². The number of anilines is 1. The predicted octanol–water partition coefficient (Wildman–Crippen LogP) is 1.40. The van der Waals surface area contributed by atoms with Gasteiger partial charge in [0.05, 0.1) is 10.8 Å². The molecule has 0 saturated carbocycles. The van der Waals surface area contributed by atoms with Crippen LogP contribution in [0, 0.1) is 12.8 Å². The highest BCUT2D eigenvalue weighted by Gasteiger charge is 2.37. The molecule has 2 aliphatic rings. The molecule has 0 spiro atoms. The zero-order valence-corrected chi connectivity index (χ0v) is 16.0. The van der Waals surface area contributed by atoms with Gasteiger partial charge in [-0.05, 0) is 56.9 Å². The summed E-state index contributed by atoms with van der Waals surface area (Å²) in [5.41, 5.74) is 6.71. The van der Waals surface area contributed by atoms with E-state index in [0.29, 0.717) is 31.4 Å². The monoisotopic (exact) mass is 379 g/mol. The minimum Gasteiger partial charge on any atom is -0.369 e. The van der Waals surface area contributed by atoms with Crippen molar-refractivity contribution in [3.05, 3.63) is 23.8 Å². The average Bonchev–Trinajstić information content (AvgIpc) is 3.00. The summed E-state index contributed by atoms with van der Waals surface area (Å²) in [6, 6.07) is 4.81. The lowest BCUT2D eigenvalue weighted by Gasteiger charge is -2.36. The van der Waals surface area contributed by atoms with Gasteiger partial charge in [0.1, 0.15) is 0 Å². The van der Waals surface area contributed by atoms with Gasteiger partial charge >= 0.3 is 0 Å². The van der Waals surface area contributed by atoms with E-state index < -0.39 is 21.8 Å². The van der Waals surface area contributed by atoms with E-state index in [0.717, 1.165) is 12.1 Å². The van der Waals surface area contributed by atoms with Crippen LogP contribution in [0.4, 0.5) is 5.69 Å². The van der Waals surface area contributed by atoms with E-state index in [9.17, 15) is 18.0 Å². The van der Waals surface area contributed by atoms with Crippen molar-refractivity contribution in [2.45, 2.75) is 50.5 Å². The summed E-state index contributed by atoms with van der Waals surface area (Å²) in [5.74, 6) is -0.853. The van der Waals surface area contributed by atoms with Crippen molar-refractivity contribution in [2.24, 2.45) is 11.7 Å². The highest BCUT2D eigenvalue weighted by atomic mass is 32.2. The lowest BCUT2D eigenvalue weighted by atomic mass is 9.95. The SMILES string of the molecule is Cc1cc(N2CCCC2=O)ccc1S(=O)(=O)N1C[C@H](C(N)=O)CC[C@H]1C. The fraction of sp³-hybridized carbons (Fsp3) is 0.556. The van der Waals surface area contributed by atoms with E-state index in [2.05, 4.69) is 0 Å². The van der Waals surface area contributed by atoms with E-state index in [1.54, 1.807) is 30.0 Å². The molecule has 0 bridgehead atoms. The van der Waals surface area contributed by atoms with Crippen molar-refractivity contribution >= 4 is 27.5 Å². The minimum absolute atomic E-state index is 0.0639. The number of hydrogen-bond donors (Lipinski definition) is 1. The molecule has 8 heteroatoms. The van der Waals surface area contributed by atoms with E-state index in [4.69, 9.17) is 5.73 Å². The van der Waals surface area contributed by atoms with Gasteiger partial charge in [0.15, 0.2) is 0 Å². The lowest BCUT2D eigenvalue weighted by molar-refractivity contribution is -0.123. The average molecular weight is 379 g/mol. The molecule has 26 heavy (non-hydrogen) atoms. The Hall–Kier alpha value is -1.93. The number of aryl methyl sites for hydroxylation is 1. The number of carbonyl (C=O) groups excluding carboxylic acids is 2. The van der Waals surface area contributed by atoms with E-state index >= 15 is 0 Å². The molecule has 0 unspecified atom stereocenters. The first-order chi connectivity index (χ1) is 12.2. The summed E-state index contributed by atoms with van der Waals surface area (Å²) in [5, 5.41) is 0. The van der Waals surface area contributed by atoms with Gasteiger partial charge in [-0.1, -0.05) is 0 Å². The van der Waals surface area contributed by atoms with E-state index in [-0.39, 0.29) is 23.4 Å². The van der Waals surface area contributed by atoms with Gasteiger partial charge < -0.3 is 10.6 Å². The summed E-state index contributed by atoms with van der Waals surface area (Å²) in [7, 11) is -3.74. The fourth-order valence-corrected chi connectivity index (χ4v) is 5.69. The summed E-state index contributed by atoms with van der Waals surface area (Å²) in [4.78, 5) is 25.3. The van der Waals surface area contributed by atoms with Crippen LogP contribution in [0.15, 0.2) is 23.1 Å². The third kappa shape index (κ3) is 3.35. The number of amides is 2. The van der Waals surface area contributed by atoms with Crippen LogP contribution in [0.5, 0.6) is 0 Å². The van der Waals surface area contributed by atoms with Crippen molar-refractivity contribution in [3.8, 4) is 0 Å². The molecule has 1 aromatic carbocycles. The van der Waals surface area contributed by atoms with Gasteiger partial charge in [0.25, 0.3) is 0 Å². The van der Waals surface area contributed by atoms with Gasteiger partial charge in [-0.3, -0.25) is 9.59 Å². The van der Waals surface area contributed by atoms with Crippen molar-refractivity contribution < 1.29 is 18.0 Å². The van der Waals surface area contributed by atoms with Crippen LogP contribution in [-0.2, 0) is 19.6 Å². The Morgan fingerprint density at radius 3 is 2.58 bits per heavy atom. The molecule has 0 aliphatic carbocycles. The van der Waals surface area contributed by atoms with Crippen LogP contribution in [0.25, 0.3) is 0 Å². The topological polar surface area (TPSA) is 101 Å². The first-order valence-electron chi connectivity index (χ1n) is 8.94. The van der Waals surface area contributed by atoms with Crippen LogP contribution in [0.1, 0.15) is 38.2 Å². The second-order valence-electron chi connectivity index (χ2n) is 7.20. The van der Waals surface area contributed by atoms with Gasteiger partial charge in [0.2, 0.25) is 21.8 Å².